The number of carbonyl (C=O) groups excluding carboxylic acids is 4. The molecule has 0 aliphatic rings. The normalized spacial score (nSPS) is 10.1. The van der Waals surface area contributed by atoms with E-state index in [9.17, 15) is 19.2 Å². The van der Waals surface area contributed by atoms with Gasteiger partial charge >= 0.3 is 0 Å². The Kier molecular flexibility index (Phi) is 4.69. The largest absolute Gasteiger partial charge is 0.456 e. The van der Waals surface area contributed by atoms with E-state index in [0.29, 0.717) is 0 Å². The fraction of sp³-hybridized carbons (Fsp3) is 0. The third kappa shape index (κ3) is 3.39. The summed E-state index contributed by atoms with van der Waals surface area (Å²) in [5.74, 6) is -3.96. The number of nitrogens with two attached hydrogens (primary N) is 4. The van der Waals surface area contributed by atoms with E-state index in [1.54, 1.807) is 0 Å². The molecule has 0 aliphatic carbocycles. The molecule has 0 unspecified atom stereocenters. The molecule has 0 spiro atoms. The van der Waals surface area contributed by atoms with Crippen LogP contribution in [0.3, 0.4) is 0 Å². The van der Waals surface area contributed by atoms with Crippen LogP contribution in [-0.2, 0) is 0 Å². The van der Waals surface area contributed by atoms with Crippen molar-refractivity contribution in [1.29, 1.82) is 0 Å². The van der Waals surface area contributed by atoms with E-state index in [2.05, 4.69) is 0 Å². The summed E-state index contributed by atoms with van der Waals surface area (Å²) in [7, 11) is 0. The van der Waals surface area contributed by atoms with Gasteiger partial charge in [0.1, 0.15) is 11.5 Å². The molecule has 9 nitrogen and oxygen atoms in total. The summed E-state index contributed by atoms with van der Waals surface area (Å²) in [5.41, 5.74) is 20.2. The first-order chi connectivity index (χ1) is 11.7. The Hall–Kier alpha value is -3.88. The zero-order valence-corrected chi connectivity index (χ0v) is 12.8. The summed E-state index contributed by atoms with van der Waals surface area (Å²) >= 11 is 0. The van der Waals surface area contributed by atoms with Gasteiger partial charge in [0, 0.05) is 0 Å². The lowest BCUT2D eigenvalue weighted by molar-refractivity contribution is 0.0962. The zero-order valence-electron chi connectivity index (χ0n) is 12.8. The van der Waals surface area contributed by atoms with Crippen molar-refractivity contribution in [2.45, 2.75) is 0 Å². The highest BCUT2D eigenvalue weighted by Crippen LogP contribution is 2.31. The van der Waals surface area contributed by atoms with Gasteiger partial charge in [0.05, 0.1) is 22.3 Å². The van der Waals surface area contributed by atoms with Gasteiger partial charge in [-0.15, -0.1) is 0 Å². The molecule has 0 atom stereocenters. The Labute approximate surface area is 141 Å². The Bertz CT molecular complexity index is 834. The van der Waals surface area contributed by atoms with Gasteiger partial charge in [0.15, 0.2) is 0 Å². The number of benzene rings is 2. The highest BCUT2D eigenvalue weighted by Gasteiger charge is 2.22. The summed E-state index contributed by atoms with van der Waals surface area (Å²) in [5, 5.41) is 0. The van der Waals surface area contributed by atoms with E-state index in [1.165, 1.54) is 36.4 Å². The Morgan fingerprint density at radius 1 is 0.600 bits per heavy atom. The van der Waals surface area contributed by atoms with Crippen LogP contribution in [0.4, 0.5) is 0 Å². The zero-order chi connectivity index (χ0) is 18.7. The third-order valence-corrected chi connectivity index (χ3v) is 3.30. The molecule has 0 saturated carbocycles. The molecular formula is C16H14N4O5. The van der Waals surface area contributed by atoms with Crippen molar-refractivity contribution in [3.05, 3.63) is 58.7 Å². The summed E-state index contributed by atoms with van der Waals surface area (Å²) in [6.45, 7) is 0. The summed E-state index contributed by atoms with van der Waals surface area (Å²) in [4.78, 5) is 46.3. The minimum atomic E-state index is -0.962. The van der Waals surface area contributed by atoms with Gasteiger partial charge in [-0.25, -0.2) is 0 Å². The number of carbonyl (C=O) groups is 4. The fourth-order valence-electron chi connectivity index (χ4n) is 2.27. The van der Waals surface area contributed by atoms with Crippen LogP contribution in [0.5, 0.6) is 11.5 Å². The summed E-state index contributed by atoms with van der Waals surface area (Å²) < 4.78 is 5.53. The summed E-state index contributed by atoms with van der Waals surface area (Å²) in [6, 6.07) is 8.09. The van der Waals surface area contributed by atoms with Gasteiger partial charge in [-0.2, -0.15) is 0 Å². The predicted molar refractivity (Wildman–Crippen MR) is 87.0 cm³/mol. The molecule has 0 bridgehead atoms. The average Bonchev–Trinajstić information content (AvgIpc) is 2.53. The molecular weight excluding hydrogens is 328 g/mol. The maximum atomic E-state index is 11.7. The highest BCUT2D eigenvalue weighted by atomic mass is 16.5. The lowest BCUT2D eigenvalue weighted by Crippen LogP contribution is -2.22. The van der Waals surface area contributed by atoms with Crippen molar-refractivity contribution in [2.75, 3.05) is 0 Å². The molecule has 8 N–H and O–H groups in total. The van der Waals surface area contributed by atoms with Gasteiger partial charge in [-0.05, 0) is 24.3 Å². The molecule has 0 heterocycles. The molecule has 0 radical (unpaired) electrons. The average molecular weight is 342 g/mol. The highest BCUT2D eigenvalue weighted by molar-refractivity contribution is 6.09. The molecule has 2 rings (SSSR count). The molecule has 25 heavy (non-hydrogen) atoms. The number of amides is 4. The molecule has 9 heteroatoms. The third-order valence-electron chi connectivity index (χ3n) is 3.30. The topological polar surface area (TPSA) is 182 Å². The number of hydrogen-bond acceptors (Lipinski definition) is 5. The maximum absolute atomic E-state index is 11.7. The lowest BCUT2D eigenvalue weighted by atomic mass is 10.0. The SMILES string of the molecule is NC(=O)c1cccc(Oc2cccc(C(N)=O)c2C(N)=O)c1C(N)=O. The van der Waals surface area contributed by atoms with Crippen LogP contribution >= 0.6 is 0 Å². The first-order valence-corrected chi connectivity index (χ1v) is 6.87. The number of primary amides is 4. The molecule has 2 aromatic rings. The maximum Gasteiger partial charge on any atom is 0.253 e. The van der Waals surface area contributed by atoms with Crippen LogP contribution in [0.15, 0.2) is 36.4 Å². The van der Waals surface area contributed by atoms with Crippen molar-refractivity contribution in [2.24, 2.45) is 22.9 Å². The van der Waals surface area contributed by atoms with E-state index in [0.717, 1.165) is 0 Å². The van der Waals surface area contributed by atoms with Crippen LogP contribution in [0.2, 0.25) is 0 Å². The Morgan fingerprint density at radius 3 is 1.24 bits per heavy atom. The minimum absolute atomic E-state index is 0.132. The van der Waals surface area contributed by atoms with Crippen LogP contribution in [0.25, 0.3) is 0 Å². The van der Waals surface area contributed by atoms with Gasteiger partial charge in [0.25, 0.3) is 11.8 Å². The van der Waals surface area contributed by atoms with Crippen molar-refractivity contribution in [1.82, 2.24) is 0 Å². The molecule has 128 valence electrons. The quantitative estimate of drug-likeness (QED) is 0.569. The van der Waals surface area contributed by atoms with Crippen LogP contribution in [0, 0.1) is 0 Å². The van der Waals surface area contributed by atoms with Crippen molar-refractivity contribution < 1.29 is 23.9 Å². The second kappa shape index (κ2) is 6.71. The van der Waals surface area contributed by atoms with Gasteiger partial charge in [0.2, 0.25) is 11.8 Å². The van der Waals surface area contributed by atoms with E-state index < -0.39 is 23.6 Å². The van der Waals surface area contributed by atoms with Gasteiger partial charge < -0.3 is 27.7 Å². The molecule has 4 amide bonds. The summed E-state index contributed by atoms with van der Waals surface area (Å²) in [6.07, 6.45) is 0. The van der Waals surface area contributed by atoms with Crippen LogP contribution in [-0.4, -0.2) is 23.6 Å². The van der Waals surface area contributed by atoms with E-state index in [4.69, 9.17) is 27.7 Å². The molecule has 0 fully saturated rings. The van der Waals surface area contributed by atoms with Crippen molar-refractivity contribution in [3.63, 3.8) is 0 Å². The fourth-order valence-corrected chi connectivity index (χ4v) is 2.27. The number of hydrogen-bond donors (Lipinski definition) is 4. The Morgan fingerprint density at radius 2 is 0.960 bits per heavy atom. The number of rotatable bonds is 6. The Balaban J connectivity index is 2.66. The smallest absolute Gasteiger partial charge is 0.253 e. The van der Waals surface area contributed by atoms with E-state index in [1.807, 2.05) is 0 Å². The van der Waals surface area contributed by atoms with Crippen LogP contribution < -0.4 is 27.7 Å². The van der Waals surface area contributed by atoms with Crippen molar-refractivity contribution >= 4 is 23.6 Å². The predicted octanol–water partition coefficient (Wildman–Crippen LogP) is -0.125. The molecule has 2 aromatic carbocycles. The second-order valence-corrected chi connectivity index (χ2v) is 4.92. The standard InChI is InChI=1S/C16H14N4O5/c17-13(21)7-3-1-5-9(11(7)15(19)23)25-10-6-2-4-8(14(18)22)12(10)16(20)24/h1-6H,(H2,17,21)(H2,18,22)(H2,19,23)(H2,20,24). The van der Waals surface area contributed by atoms with E-state index >= 15 is 0 Å². The van der Waals surface area contributed by atoms with Gasteiger partial charge in [-0.3, -0.25) is 19.2 Å². The monoisotopic (exact) mass is 342 g/mol. The van der Waals surface area contributed by atoms with Crippen LogP contribution in [0.1, 0.15) is 41.4 Å². The minimum Gasteiger partial charge on any atom is -0.456 e. The molecule has 0 saturated heterocycles. The van der Waals surface area contributed by atoms with Crippen molar-refractivity contribution in [3.8, 4) is 11.5 Å². The second-order valence-electron chi connectivity index (χ2n) is 4.92. The first kappa shape index (κ1) is 17.5. The molecule has 0 aromatic heterocycles. The van der Waals surface area contributed by atoms with Gasteiger partial charge in [-0.1, -0.05) is 12.1 Å². The number of ether oxygens (including phenoxy) is 1. The molecule has 0 aliphatic heterocycles. The van der Waals surface area contributed by atoms with E-state index in [-0.39, 0.29) is 33.8 Å². The lowest BCUT2D eigenvalue weighted by Gasteiger charge is -2.14. The first-order valence-electron chi connectivity index (χ1n) is 6.87.